The van der Waals surface area contributed by atoms with Crippen LogP contribution < -0.4 is 4.90 Å². The molecule has 0 saturated heterocycles. The van der Waals surface area contributed by atoms with E-state index in [1.165, 1.54) is 19.2 Å². The smallest absolute Gasteiger partial charge is 0.272 e. The lowest BCUT2D eigenvalue weighted by molar-refractivity contribution is -0.119. The van der Waals surface area contributed by atoms with E-state index in [-0.39, 0.29) is 17.7 Å². The maximum Gasteiger partial charge on any atom is 0.272 e. The number of para-hydroxylation sites is 1. The van der Waals surface area contributed by atoms with Gasteiger partial charge in [-0.2, -0.15) is 0 Å². The fraction of sp³-hybridized carbons (Fsp3) is 0.522. The molecule has 1 aromatic carbocycles. The Labute approximate surface area is 172 Å². The highest BCUT2D eigenvalue weighted by Gasteiger charge is 2.34. The van der Waals surface area contributed by atoms with Crippen molar-refractivity contribution in [3.05, 3.63) is 48.0 Å². The van der Waals surface area contributed by atoms with Crippen LogP contribution in [0.2, 0.25) is 0 Å². The van der Waals surface area contributed by atoms with E-state index in [9.17, 15) is 9.59 Å². The average Bonchev–Trinajstić information content (AvgIpc) is 3.44. The predicted molar refractivity (Wildman–Crippen MR) is 113 cm³/mol. The number of nitrogens with one attached hydrogen (secondary N) is 1. The normalized spacial score (nSPS) is 18.9. The molecule has 2 aliphatic rings. The van der Waals surface area contributed by atoms with E-state index in [1.54, 1.807) is 6.20 Å². The number of rotatable bonds is 2. The highest BCUT2D eigenvalue weighted by Crippen LogP contribution is 2.34. The zero-order valence-electron chi connectivity index (χ0n) is 17.0. The Kier molecular flexibility index (Phi) is 6.27. The van der Waals surface area contributed by atoms with Gasteiger partial charge in [-0.1, -0.05) is 43.9 Å². The van der Waals surface area contributed by atoms with Crippen molar-refractivity contribution in [2.75, 3.05) is 18.0 Å². The van der Waals surface area contributed by atoms with Crippen molar-refractivity contribution < 1.29 is 9.59 Å². The molecule has 0 bridgehead atoms. The number of anilines is 1. The Morgan fingerprint density at radius 2 is 1.69 bits per heavy atom. The molecule has 0 atom stereocenters. The first kappa shape index (κ1) is 19.7. The molecule has 0 spiro atoms. The molecule has 0 radical (unpaired) electrons. The second-order valence-electron chi connectivity index (χ2n) is 8.21. The van der Waals surface area contributed by atoms with E-state index in [0.29, 0.717) is 18.8 Å². The SMILES string of the molecule is O=C(c1cnc[nH]1)N1CCCCCCCCN(C(=O)C2CC2)c2ccccc2C1. The number of hydrogen-bond donors (Lipinski definition) is 1. The molecule has 2 heterocycles. The van der Waals surface area contributed by atoms with Crippen molar-refractivity contribution >= 4 is 17.5 Å². The number of aromatic nitrogens is 2. The first-order valence-electron chi connectivity index (χ1n) is 10.9. The van der Waals surface area contributed by atoms with E-state index >= 15 is 0 Å². The monoisotopic (exact) mass is 394 g/mol. The van der Waals surface area contributed by atoms with Crippen LogP contribution in [0.3, 0.4) is 0 Å². The van der Waals surface area contributed by atoms with Crippen molar-refractivity contribution in [2.24, 2.45) is 5.92 Å². The van der Waals surface area contributed by atoms with Crippen LogP contribution in [0.4, 0.5) is 5.69 Å². The topological polar surface area (TPSA) is 69.3 Å². The molecule has 1 aliphatic carbocycles. The van der Waals surface area contributed by atoms with Crippen molar-refractivity contribution in [3.63, 3.8) is 0 Å². The average molecular weight is 395 g/mol. The van der Waals surface area contributed by atoms with Crippen molar-refractivity contribution in [2.45, 2.75) is 57.9 Å². The number of fused-ring (bicyclic) bond motifs is 1. The summed E-state index contributed by atoms with van der Waals surface area (Å²) in [4.78, 5) is 36.9. The van der Waals surface area contributed by atoms with Crippen molar-refractivity contribution in [1.29, 1.82) is 0 Å². The van der Waals surface area contributed by atoms with Crippen molar-refractivity contribution in [3.8, 4) is 0 Å². The van der Waals surface area contributed by atoms with Crippen LogP contribution in [-0.2, 0) is 11.3 Å². The molecule has 1 fully saturated rings. The van der Waals surface area contributed by atoms with Gasteiger partial charge in [0.25, 0.3) is 5.91 Å². The molecule has 1 aromatic heterocycles. The van der Waals surface area contributed by atoms with E-state index in [2.05, 4.69) is 16.0 Å². The molecule has 6 nitrogen and oxygen atoms in total. The van der Waals surface area contributed by atoms with E-state index in [1.807, 2.05) is 28.0 Å². The fourth-order valence-corrected chi connectivity index (χ4v) is 4.09. The Morgan fingerprint density at radius 1 is 0.966 bits per heavy atom. The first-order chi connectivity index (χ1) is 14.2. The minimum absolute atomic E-state index is 0.0350. The highest BCUT2D eigenvalue weighted by atomic mass is 16.2. The standard InChI is InChI=1S/C23H30N4O2/c28-22(18-11-12-18)27-14-8-4-2-1-3-7-13-26(23(29)20-15-24-17-25-20)16-19-9-5-6-10-21(19)27/h5-6,9-10,15,17-18H,1-4,7-8,11-14,16H2,(H,24,25). The van der Waals surface area contributed by atoms with Gasteiger partial charge in [0.2, 0.25) is 5.91 Å². The summed E-state index contributed by atoms with van der Waals surface area (Å²) >= 11 is 0. The van der Waals surface area contributed by atoms with Gasteiger partial charge in [0.05, 0.1) is 12.5 Å². The van der Waals surface area contributed by atoms with E-state index in [0.717, 1.165) is 56.3 Å². The largest absolute Gasteiger partial charge is 0.341 e. The number of aromatic amines is 1. The zero-order valence-corrected chi connectivity index (χ0v) is 17.0. The second-order valence-corrected chi connectivity index (χ2v) is 8.21. The highest BCUT2D eigenvalue weighted by molar-refractivity contribution is 5.97. The number of imidazole rings is 1. The molecule has 154 valence electrons. The minimum Gasteiger partial charge on any atom is -0.341 e. The minimum atomic E-state index is -0.0350. The van der Waals surface area contributed by atoms with Gasteiger partial charge in [-0.15, -0.1) is 0 Å². The summed E-state index contributed by atoms with van der Waals surface area (Å²) in [7, 11) is 0. The zero-order chi connectivity index (χ0) is 20.1. The van der Waals surface area contributed by atoms with Gasteiger partial charge in [-0.3, -0.25) is 9.59 Å². The van der Waals surface area contributed by atoms with Gasteiger partial charge in [-0.25, -0.2) is 4.98 Å². The maximum absolute atomic E-state index is 13.1. The summed E-state index contributed by atoms with van der Waals surface area (Å²) in [6, 6.07) is 8.07. The summed E-state index contributed by atoms with van der Waals surface area (Å²) < 4.78 is 0. The number of hydrogen-bond acceptors (Lipinski definition) is 3. The molecular weight excluding hydrogens is 364 g/mol. The summed E-state index contributed by atoms with van der Waals surface area (Å²) in [5.41, 5.74) is 2.51. The molecule has 4 rings (SSSR count). The second kappa shape index (κ2) is 9.25. The Balaban J connectivity index is 1.64. The molecule has 1 aliphatic heterocycles. The summed E-state index contributed by atoms with van der Waals surface area (Å²) in [6.07, 6.45) is 11.8. The lowest BCUT2D eigenvalue weighted by atomic mass is 10.1. The third-order valence-corrected chi connectivity index (χ3v) is 5.91. The van der Waals surface area contributed by atoms with Gasteiger partial charge in [0, 0.05) is 31.2 Å². The molecular formula is C23H30N4O2. The van der Waals surface area contributed by atoms with Crippen LogP contribution in [0.15, 0.2) is 36.8 Å². The van der Waals surface area contributed by atoms with E-state index in [4.69, 9.17) is 0 Å². The summed E-state index contributed by atoms with van der Waals surface area (Å²) in [5, 5.41) is 0. The van der Waals surface area contributed by atoms with Crippen LogP contribution >= 0.6 is 0 Å². The molecule has 2 aromatic rings. The van der Waals surface area contributed by atoms with Crippen LogP contribution in [0.25, 0.3) is 0 Å². The number of amides is 2. The molecule has 1 N–H and O–H groups in total. The molecule has 2 amide bonds. The first-order valence-corrected chi connectivity index (χ1v) is 10.9. The van der Waals surface area contributed by atoms with E-state index < -0.39 is 0 Å². The quantitative estimate of drug-likeness (QED) is 0.832. The third kappa shape index (κ3) is 4.86. The lowest BCUT2D eigenvalue weighted by Gasteiger charge is -2.28. The number of benzene rings is 1. The fourth-order valence-electron chi connectivity index (χ4n) is 4.09. The molecule has 0 unspecified atom stereocenters. The number of H-pyrrole nitrogens is 1. The van der Waals surface area contributed by atoms with Crippen molar-refractivity contribution in [1.82, 2.24) is 14.9 Å². The number of nitrogens with zero attached hydrogens (tertiary/aromatic N) is 3. The van der Waals surface area contributed by atoms with Gasteiger partial charge >= 0.3 is 0 Å². The summed E-state index contributed by atoms with van der Waals surface area (Å²) in [5.74, 6) is 0.396. The Hall–Kier alpha value is -2.63. The third-order valence-electron chi connectivity index (χ3n) is 5.91. The van der Waals surface area contributed by atoms with Crippen LogP contribution in [0, 0.1) is 5.92 Å². The van der Waals surface area contributed by atoms with Gasteiger partial charge in [0.15, 0.2) is 0 Å². The lowest BCUT2D eigenvalue weighted by Crippen LogP contribution is -2.36. The Bertz CT molecular complexity index is 829. The van der Waals surface area contributed by atoms with Crippen LogP contribution in [0.5, 0.6) is 0 Å². The maximum atomic E-state index is 13.1. The molecule has 29 heavy (non-hydrogen) atoms. The predicted octanol–water partition coefficient (Wildman–Crippen LogP) is 4.15. The Morgan fingerprint density at radius 3 is 2.41 bits per heavy atom. The number of carbonyl (C=O) groups excluding carboxylic acids is 2. The van der Waals surface area contributed by atoms with Crippen LogP contribution in [0.1, 0.15) is 67.4 Å². The van der Waals surface area contributed by atoms with Gasteiger partial charge in [-0.05, 0) is 37.3 Å². The number of carbonyl (C=O) groups is 2. The molecule has 1 saturated carbocycles. The van der Waals surface area contributed by atoms with Gasteiger partial charge < -0.3 is 14.8 Å². The molecule has 6 heteroatoms. The summed E-state index contributed by atoms with van der Waals surface area (Å²) in [6.45, 7) is 1.98. The van der Waals surface area contributed by atoms with Crippen LogP contribution in [-0.4, -0.2) is 39.8 Å². The van der Waals surface area contributed by atoms with Gasteiger partial charge in [0.1, 0.15) is 5.69 Å².